The molecule has 112 valence electrons. The molecule has 0 aliphatic heterocycles. The Balaban J connectivity index is 2.04. The molecule has 2 aromatic carbocycles. The van der Waals surface area contributed by atoms with Gasteiger partial charge in [0.1, 0.15) is 0 Å². The van der Waals surface area contributed by atoms with Crippen molar-refractivity contribution in [1.29, 1.82) is 0 Å². The van der Waals surface area contributed by atoms with Crippen molar-refractivity contribution >= 4 is 41.0 Å². The molecule has 0 spiro atoms. The summed E-state index contributed by atoms with van der Waals surface area (Å²) in [5.74, 6) is -0.496. The first-order valence-corrected chi connectivity index (χ1v) is 6.76. The number of carbonyl (C=O) groups is 1. The van der Waals surface area contributed by atoms with E-state index in [0.717, 1.165) is 0 Å². The molecule has 0 aliphatic rings. The Kier molecular flexibility index (Phi) is 5.08. The summed E-state index contributed by atoms with van der Waals surface area (Å²) >= 11 is 11.8. The van der Waals surface area contributed by atoms with E-state index in [9.17, 15) is 14.9 Å². The molecule has 22 heavy (non-hydrogen) atoms. The highest BCUT2D eigenvalue weighted by atomic mass is 35.5. The normalized spacial score (nSPS) is 10.6. The summed E-state index contributed by atoms with van der Waals surface area (Å²) in [6, 6.07) is 10.2. The van der Waals surface area contributed by atoms with Crippen LogP contribution in [0, 0.1) is 10.1 Å². The largest absolute Gasteiger partial charge is 0.271 e. The zero-order valence-corrected chi connectivity index (χ0v) is 12.5. The molecule has 6 nitrogen and oxygen atoms in total. The summed E-state index contributed by atoms with van der Waals surface area (Å²) in [6.45, 7) is 0. The van der Waals surface area contributed by atoms with Crippen molar-refractivity contribution in [1.82, 2.24) is 5.43 Å². The number of halogens is 2. The molecule has 0 saturated heterocycles. The molecule has 8 heteroatoms. The van der Waals surface area contributed by atoms with Crippen molar-refractivity contribution in [2.45, 2.75) is 0 Å². The highest BCUT2D eigenvalue weighted by Crippen LogP contribution is 2.24. The zero-order chi connectivity index (χ0) is 16.1. The first-order chi connectivity index (χ1) is 10.5. The van der Waals surface area contributed by atoms with Crippen LogP contribution in [0.2, 0.25) is 10.0 Å². The third-order valence-electron chi connectivity index (χ3n) is 2.69. The van der Waals surface area contributed by atoms with Crippen molar-refractivity contribution < 1.29 is 9.72 Å². The Morgan fingerprint density at radius 3 is 2.50 bits per heavy atom. The molecule has 2 aromatic rings. The topological polar surface area (TPSA) is 84.6 Å². The lowest BCUT2D eigenvalue weighted by atomic mass is 10.2. The lowest BCUT2D eigenvalue weighted by Crippen LogP contribution is -2.17. The van der Waals surface area contributed by atoms with Crippen LogP contribution in [0.25, 0.3) is 0 Å². The molecular weight excluding hydrogens is 329 g/mol. The maximum Gasteiger partial charge on any atom is 0.271 e. The highest BCUT2D eigenvalue weighted by Gasteiger charge is 2.08. The van der Waals surface area contributed by atoms with Crippen LogP contribution >= 0.6 is 23.2 Å². The summed E-state index contributed by atoms with van der Waals surface area (Å²) < 4.78 is 0. The van der Waals surface area contributed by atoms with Crippen LogP contribution in [0.15, 0.2) is 47.6 Å². The number of carbonyl (C=O) groups excluding carboxylic acids is 1. The Morgan fingerprint density at radius 1 is 1.18 bits per heavy atom. The molecule has 1 amide bonds. The summed E-state index contributed by atoms with van der Waals surface area (Å²) in [5.41, 5.74) is 3.01. The molecule has 0 fully saturated rings. The number of benzene rings is 2. The molecule has 0 unspecified atom stereocenters. The molecule has 2 rings (SSSR count). The fourth-order valence-corrected chi connectivity index (χ4v) is 1.94. The number of non-ortho nitro benzene ring substituents is 1. The van der Waals surface area contributed by atoms with Gasteiger partial charge in [0.2, 0.25) is 0 Å². The second-order valence-corrected chi connectivity index (χ2v) is 4.93. The number of nitro groups is 1. The Morgan fingerprint density at radius 2 is 1.86 bits per heavy atom. The second-order valence-electron chi connectivity index (χ2n) is 4.15. The molecule has 0 aromatic heterocycles. The van der Waals surface area contributed by atoms with Crippen LogP contribution in [0.5, 0.6) is 0 Å². The fraction of sp³-hybridized carbons (Fsp3) is 0. The van der Waals surface area contributed by atoms with Gasteiger partial charge in [0.05, 0.1) is 21.2 Å². The molecule has 0 bridgehead atoms. The standard InChI is InChI=1S/C14H9Cl2N3O3/c15-12-3-1-2-10(13(12)16)8-17-18-14(20)9-4-6-11(7-5-9)19(21)22/h1-8H,(H,18,20). The lowest BCUT2D eigenvalue weighted by molar-refractivity contribution is -0.384. The van der Waals surface area contributed by atoms with E-state index in [2.05, 4.69) is 10.5 Å². The van der Waals surface area contributed by atoms with Gasteiger partial charge in [0.15, 0.2) is 0 Å². The van der Waals surface area contributed by atoms with Crippen LogP contribution in [-0.4, -0.2) is 17.0 Å². The van der Waals surface area contributed by atoms with E-state index in [-0.39, 0.29) is 11.3 Å². The molecule has 0 saturated carbocycles. The van der Waals surface area contributed by atoms with Crippen LogP contribution in [0.3, 0.4) is 0 Å². The second kappa shape index (κ2) is 7.02. The number of nitrogens with one attached hydrogen (secondary N) is 1. The van der Waals surface area contributed by atoms with E-state index in [1.54, 1.807) is 18.2 Å². The Hall–Kier alpha value is -2.44. The van der Waals surface area contributed by atoms with Crippen LogP contribution in [-0.2, 0) is 0 Å². The summed E-state index contributed by atoms with van der Waals surface area (Å²) in [5, 5.41) is 15.0. The minimum atomic E-state index is -0.541. The quantitative estimate of drug-likeness (QED) is 0.524. The molecule has 0 radical (unpaired) electrons. The first kappa shape index (κ1) is 15.9. The minimum absolute atomic E-state index is 0.0919. The summed E-state index contributed by atoms with van der Waals surface area (Å²) in [4.78, 5) is 21.8. The van der Waals surface area contributed by atoms with E-state index in [4.69, 9.17) is 23.2 Å². The minimum Gasteiger partial charge on any atom is -0.267 e. The molecule has 0 atom stereocenters. The summed E-state index contributed by atoms with van der Waals surface area (Å²) in [6.07, 6.45) is 1.36. The predicted molar refractivity (Wildman–Crippen MR) is 84.6 cm³/mol. The molecule has 0 aliphatic carbocycles. The van der Waals surface area contributed by atoms with Gasteiger partial charge in [0.25, 0.3) is 11.6 Å². The molecular formula is C14H9Cl2N3O3. The van der Waals surface area contributed by atoms with Gasteiger partial charge in [0, 0.05) is 23.3 Å². The zero-order valence-electron chi connectivity index (χ0n) is 11.0. The Bertz CT molecular complexity index is 745. The Labute approximate surface area is 135 Å². The number of nitro benzene ring substituents is 1. The average Bonchev–Trinajstić information content (AvgIpc) is 2.51. The number of rotatable bonds is 4. The maximum atomic E-state index is 11.8. The van der Waals surface area contributed by atoms with Gasteiger partial charge in [-0.3, -0.25) is 14.9 Å². The number of hydrogen-bond donors (Lipinski definition) is 1. The average molecular weight is 338 g/mol. The van der Waals surface area contributed by atoms with Gasteiger partial charge in [-0.05, 0) is 18.2 Å². The van der Waals surface area contributed by atoms with E-state index >= 15 is 0 Å². The molecule has 1 N–H and O–H groups in total. The van der Waals surface area contributed by atoms with Gasteiger partial charge in [-0.1, -0.05) is 35.3 Å². The van der Waals surface area contributed by atoms with Gasteiger partial charge in [-0.2, -0.15) is 5.10 Å². The number of amides is 1. The lowest BCUT2D eigenvalue weighted by Gasteiger charge is -2.01. The first-order valence-electron chi connectivity index (χ1n) is 6.01. The fourth-order valence-electron chi connectivity index (χ4n) is 1.58. The van der Waals surface area contributed by atoms with E-state index < -0.39 is 10.8 Å². The molecule has 0 heterocycles. The van der Waals surface area contributed by atoms with E-state index in [1.165, 1.54) is 30.5 Å². The van der Waals surface area contributed by atoms with E-state index in [0.29, 0.717) is 15.6 Å². The monoisotopic (exact) mass is 337 g/mol. The SMILES string of the molecule is O=C(NN=Cc1cccc(Cl)c1Cl)c1ccc([N+](=O)[O-])cc1. The van der Waals surface area contributed by atoms with Crippen LogP contribution < -0.4 is 5.43 Å². The van der Waals surface area contributed by atoms with Crippen LogP contribution in [0.4, 0.5) is 5.69 Å². The third-order valence-corrected chi connectivity index (χ3v) is 3.53. The smallest absolute Gasteiger partial charge is 0.267 e. The number of hydrazone groups is 1. The highest BCUT2D eigenvalue weighted by molar-refractivity contribution is 6.43. The summed E-state index contributed by atoms with van der Waals surface area (Å²) in [7, 11) is 0. The van der Waals surface area contributed by atoms with Crippen molar-refractivity contribution in [2.75, 3.05) is 0 Å². The predicted octanol–water partition coefficient (Wildman–Crippen LogP) is 3.67. The van der Waals surface area contributed by atoms with Gasteiger partial charge in [-0.15, -0.1) is 0 Å². The van der Waals surface area contributed by atoms with Crippen molar-refractivity contribution in [3.05, 3.63) is 73.8 Å². The van der Waals surface area contributed by atoms with Crippen molar-refractivity contribution in [3.63, 3.8) is 0 Å². The number of hydrogen-bond acceptors (Lipinski definition) is 4. The van der Waals surface area contributed by atoms with Crippen molar-refractivity contribution in [2.24, 2.45) is 5.10 Å². The van der Waals surface area contributed by atoms with Gasteiger partial charge in [-0.25, -0.2) is 5.43 Å². The van der Waals surface area contributed by atoms with Gasteiger partial charge < -0.3 is 0 Å². The van der Waals surface area contributed by atoms with Crippen molar-refractivity contribution in [3.8, 4) is 0 Å². The third kappa shape index (κ3) is 3.81. The van der Waals surface area contributed by atoms with Crippen LogP contribution in [0.1, 0.15) is 15.9 Å². The maximum absolute atomic E-state index is 11.8. The van der Waals surface area contributed by atoms with Gasteiger partial charge >= 0.3 is 0 Å². The number of nitrogens with zero attached hydrogens (tertiary/aromatic N) is 2. The van der Waals surface area contributed by atoms with E-state index in [1.807, 2.05) is 0 Å².